The number of benzene rings is 1. The highest BCUT2D eigenvalue weighted by Crippen LogP contribution is 2.21. The van der Waals surface area contributed by atoms with E-state index in [-0.39, 0.29) is 0 Å². The van der Waals surface area contributed by atoms with Crippen LogP contribution in [0.3, 0.4) is 0 Å². The van der Waals surface area contributed by atoms with Crippen molar-refractivity contribution in [3.05, 3.63) is 48.3 Å². The van der Waals surface area contributed by atoms with E-state index in [2.05, 4.69) is 34.7 Å². The van der Waals surface area contributed by atoms with Gasteiger partial charge in [0.2, 0.25) is 0 Å². The van der Waals surface area contributed by atoms with E-state index in [9.17, 15) is 4.21 Å². The standard InChI is InChI=1S/C15H19N3OS/c19-20-10-6-14(7-11-20)17-15-5-2-1-4-13(15)12-18-9-3-8-16-18/h1-5,8-9,14,17H,6-7,10-12H2. The van der Waals surface area contributed by atoms with Crippen LogP contribution in [0.15, 0.2) is 42.7 Å². The van der Waals surface area contributed by atoms with Crippen molar-refractivity contribution in [3.63, 3.8) is 0 Å². The number of aromatic nitrogens is 2. The van der Waals surface area contributed by atoms with Crippen molar-refractivity contribution in [3.8, 4) is 0 Å². The maximum absolute atomic E-state index is 11.4. The van der Waals surface area contributed by atoms with Gasteiger partial charge in [-0.15, -0.1) is 0 Å². The van der Waals surface area contributed by atoms with Gasteiger partial charge in [0.05, 0.1) is 6.54 Å². The summed E-state index contributed by atoms with van der Waals surface area (Å²) in [6, 6.07) is 10.7. The highest BCUT2D eigenvalue weighted by atomic mass is 32.2. The molecule has 1 aliphatic rings. The summed E-state index contributed by atoms with van der Waals surface area (Å²) in [5.74, 6) is 1.64. The lowest BCUT2D eigenvalue weighted by Gasteiger charge is -2.25. The lowest BCUT2D eigenvalue weighted by atomic mass is 10.1. The molecule has 1 aromatic carbocycles. The second-order valence-corrected chi connectivity index (χ2v) is 6.82. The Morgan fingerprint density at radius 3 is 2.80 bits per heavy atom. The average molecular weight is 289 g/mol. The van der Waals surface area contributed by atoms with E-state index in [0.717, 1.165) is 30.9 Å². The van der Waals surface area contributed by atoms with E-state index < -0.39 is 10.8 Å². The Kier molecular flexibility index (Phi) is 4.16. The monoisotopic (exact) mass is 289 g/mol. The summed E-state index contributed by atoms with van der Waals surface area (Å²) in [6.45, 7) is 0.773. The Morgan fingerprint density at radius 2 is 2.05 bits per heavy atom. The first-order chi connectivity index (χ1) is 9.81. The van der Waals surface area contributed by atoms with Crippen molar-refractivity contribution < 1.29 is 4.21 Å². The summed E-state index contributed by atoms with van der Waals surface area (Å²) >= 11 is 0. The molecule has 3 rings (SSSR count). The minimum atomic E-state index is -0.604. The minimum absolute atomic E-state index is 0.437. The zero-order valence-electron chi connectivity index (χ0n) is 11.4. The number of nitrogens with one attached hydrogen (secondary N) is 1. The number of hydrogen-bond acceptors (Lipinski definition) is 3. The largest absolute Gasteiger partial charge is 0.382 e. The second kappa shape index (κ2) is 6.22. The van der Waals surface area contributed by atoms with Gasteiger partial charge in [-0.3, -0.25) is 8.89 Å². The molecule has 4 nitrogen and oxygen atoms in total. The van der Waals surface area contributed by atoms with Crippen molar-refractivity contribution in [2.45, 2.75) is 25.4 Å². The van der Waals surface area contributed by atoms with Crippen LogP contribution in [0.5, 0.6) is 0 Å². The first-order valence-corrected chi connectivity index (χ1v) is 8.47. The van der Waals surface area contributed by atoms with Crippen LogP contribution in [0.25, 0.3) is 0 Å². The van der Waals surface area contributed by atoms with Crippen LogP contribution in [0, 0.1) is 0 Å². The van der Waals surface area contributed by atoms with Gasteiger partial charge in [-0.2, -0.15) is 5.10 Å². The molecule has 20 heavy (non-hydrogen) atoms. The quantitative estimate of drug-likeness (QED) is 0.939. The van der Waals surface area contributed by atoms with Gasteiger partial charge in [-0.05, 0) is 30.5 Å². The maximum Gasteiger partial charge on any atom is 0.0679 e. The number of anilines is 1. The fourth-order valence-electron chi connectivity index (χ4n) is 2.53. The van der Waals surface area contributed by atoms with Gasteiger partial charge in [0.25, 0.3) is 0 Å². The molecular weight excluding hydrogens is 270 g/mol. The zero-order valence-corrected chi connectivity index (χ0v) is 12.2. The molecule has 2 aromatic rings. The molecule has 2 heterocycles. The Bertz CT molecular complexity index is 573. The Labute approximate surface area is 121 Å². The van der Waals surface area contributed by atoms with Crippen LogP contribution in [-0.4, -0.2) is 31.5 Å². The molecule has 0 spiro atoms. The van der Waals surface area contributed by atoms with Gasteiger partial charge >= 0.3 is 0 Å². The third-order valence-corrected chi connectivity index (χ3v) is 5.04. The fourth-order valence-corrected chi connectivity index (χ4v) is 3.82. The van der Waals surface area contributed by atoms with Crippen molar-refractivity contribution in [1.82, 2.24) is 9.78 Å². The lowest BCUT2D eigenvalue weighted by Crippen LogP contribution is -2.29. The molecule has 5 heteroatoms. The molecule has 1 saturated heterocycles. The molecule has 0 saturated carbocycles. The average Bonchev–Trinajstić information content (AvgIpc) is 2.96. The van der Waals surface area contributed by atoms with E-state index in [1.165, 1.54) is 11.3 Å². The smallest absolute Gasteiger partial charge is 0.0679 e. The lowest BCUT2D eigenvalue weighted by molar-refractivity contribution is 0.622. The first kappa shape index (κ1) is 13.4. The van der Waals surface area contributed by atoms with E-state index in [1.54, 1.807) is 6.20 Å². The van der Waals surface area contributed by atoms with Crippen LogP contribution in [-0.2, 0) is 17.3 Å². The van der Waals surface area contributed by atoms with E-state index in [1.807, 2.05) is 16.9 Å². The number of nitrogens with zero attached hydrogens (tertiary/aromatic N) is 2. The van der Waals surface area contributed by atoms with E-state index in [0.29, 0.717) is 6.04 Å². The molecule has 1 fully saturated rings. The highest BCUT2D eigenvalue weighted by Gasteiger charge is 2.18. The molecule has 0 bridgehead atoms. The van der Waals surface area contributed by atoms with Gasteiger partial charge in [-0.25, -0.2) is 0 Å². The Hall–Kier alpha value is -1.62. The zero-order chi connectivity index (χ0) is 13.8. The van der Waals surface area contributed by atoms with Crippen molar-refractivity contribution in [2.75, 3.05) is 16.8 Å². The molecule has 0 radical (unpaired) electrons. The SMILES string of the molecule is O=S1CCC(Nc2ccccc2Cn2cccn2)CC1. The van der Waals surface area contributed by atoms with Gasteiger partial charge in [0.15, 0.2) is 0 Å². The molecule has 0 unspecified atom stereocenters. The van der Waals surface area contributed by atoms with Gasteiger partial charge in [0.1, 0.15) is 0 Å². The summed E-state index contributed by atoms with van der Waals surface area (Å²) in [7, 11) is -0.604. The number of hydrogen-bond donors (Lipinski definition) is 1. The maximum atomic E-state index is 11.4. The van der Waals surface area contributed by atoms with Gasteiger partial charge in [-0.1, -0.05) is 18.2 Å². The van der Waals surface area contributed by atoms with E-state index in [4.69, 9.17) is 0 Å². The third-order valence-electron chi connectivity index (χ3n) is 3.66. The highest BCUT2D eigenvalue weighted by molar-refractivity contribution is 7.85. The number of rotatable bonds is 4. The minimum Gasteiger partial charge on any atom is -0.382 e. The second-order valence-electron chi connectivity index (χ2n) is 5.13. The van der Waals surface area contributed by atoms with Crippen LogP contribution < -0.4 is 5.32 Å². The Morgan fingerprint density at radius 1 is 1.25 bits per heavy atom. The van der Waals surface area contributed by atoms with Gasteiger partial charge in [0, 0.05) is 46.4 Å². The van der Waals surface area contributed by atoms with E-state index >= 15 is 0 Å². The molecule has 1 N–H and O–H groups in total. The molecular formula is C15H19N3OS. The van der Waals surface area contributed by atoms with Crippen LogP contribution >= 0.6 is 0 Å². The first-order valence-electron chi connectivity index (χ1n) is 6.98. The predicted octanol–water partition coefficient (Wildman–Crippen LogP) is 2.25. The molecule has 0 aliphatic carbocycles. The molecule has 106 valence electrons. The summed E-state index contributed by atoms with van der Waals surface area (Å²) < 4.78 is 13.3. The van der Waals surface area contributed by atoms with Gasteiger partial charge < -0.3 is 5.32 Å². The molecule has 0 atom stereocenters. The fraction of sp³-hybridized carbons (Fsp3) is 0.400. The van der Waals surface area contributed by atoms with Crippen LogP contribution in [0.2, 0.25) is 0 Å². The number of para-hydroxylation sites is 1. The molecule has 1 aromatic heterocycles. The molecule has 1 aliphatic heterocycles. The van der Waals surface area contributed by atoms with Crippen molar-refractivity contribution in [2.24, 2.45) is 0 Å². The van der Waals surface area contributed by atoms with Crippen molar-refractivity contribution >= 4 is 16.5 Å². The summed E-state index contributed by atoms with van der Waals surface area (Å²) in [5.41, 5.74) is 2.41. The third kappa shape index (κ3) is 3.28. The Balaban J connectivity index is 1.71. The summed E-state index contributed by atoms with van der Waals surface area (Å²) in [4.78, 5) is 0. The predicted molar refractivity (Wildman–Crippen MR) is 82.3 cm³/mol. The van der Waals surface area contributed by atoms with Crippen LogP contribution in [0.1, 0.15) is 18.4 Å². The summed E-state index contributed by atoms with van der Waals surface area (Å²) in [6.07, 6.45) is 5.75. The summed E-state index contributed by atoms with van der Waals surface area (Å²) in [5, 5.41) is 7.86. The van der Waals surface area contributed by atoms with Crippen molar-refractivity contribution in [1.29, 1.82) is 0 Å². The molecule has 0 amide bonds. The van der Waals surface area contributed by atoms with Crippen LogP contribution in [0.4, 0.5) is 5.69 Å². The normalized spacial score (nSPS) is 22.6. The topological polar surface area (TPSA) is 46.9 Å².